The number of carbonyl (C=O) groups is 1. The van der Waals surface area contributed by atoms with E-state index >= 15 is 0 Å². The van der Waals surface area contributed by atoms with Crippen LogP contribution in [0.1, 0.15) is 39.5 Å². The fraction of sp³-hybridized carbons (Fsp3) is 0.909. The van der Waals surface area contributed by atoms with Crippen molar-refractivity contribution in [3.63, 3.8) is 0 Å². The van der Waals surface area contributed by atoms with E-state index in [2.05, 4.69) is 22.9 Å². The van der Waals surface area contributed by atoms with E-state index in [1.165, 1.54) is 25.7 Å². The van der Waals surface area contributed by atoms with Crippen LogP contribution < -0.4 is 0 Å². The summed E-state index contributed by atoms with van der Waals surface area (Å²) in [6.45, 7) is 6.05. The molecule has 0 aliphatic carbocycles. The molecule has 0 N–H and O–H groups in total. The lowest BCUT2D eigenvalue weighted by Gasteiger charge is -2.21. The van der Waals surface area contributed by atoms with Crippen molar-refractivity contribution in [1.82, 2.24) is 4.90 Å². The number of amides is 1. The Morgan fingerprint density at radius 1 is 1.50 bits per heavy atom. The van der Waals surface area contributed by atoms with Crippen LogP contribution in [0.2, 0.25) is 0 Å². The lowest BCUT2D eigenvalue weighted by atomic mass is 9.98. The molecule has 1 heterocycles. The lowest BCUT2D eigenvalue weighted by Crippen LogP contribution is -2.36. The molecule has 1 rings (SSSR count). The fourth-order valence-electron chi connectivity index (χ4n) is 2.05. The van der Waals surface area contributed by atoms with Crippen LogP contribution in [0.15, 0.2) is 0 Å². The van der Waals surface area contributed by atoms with E-state index in [9.17, 15) is 4.79 Å². The van der Waals surface area contributed by atoms with Crippen molar-refractivity contribution in [2.45, 2.75) is 44.4 Å². The number of likely N-dealkylation sites (tertiary alicyclic amines) is 1. The third-order valence-corrected chi connectivity index (χ3v) is 3.47. The highest BCUT2D eigenvalue weighted by Gasteiger charge is 2.21. The first kappa shape index (κ1) is 12.0. The quantitative estimate of drug-likeness (QED) is 0.701. The summed E-state index contributed by atoms with van der Waals surface area (Å²) in [5, 5.41) is 0. The van der Waals surface area contributed by atoms with Crippen molar-refractivity contribution in [1.29, 1.82) is 0 Å². The second-order valence-electron chi connectivity index (χ2n) is 4.15. The maximum absolute atomic E-state index is 11.7. The van der Waals surface area contributed by atoms with Crippen molar-refractivity contribution in [2.75, 3.05) is 13.1 Å². The third kappa shape index (κ3) is 3.26. The van der Waals surface area contributed by atoms with Crippen molar-refractivity contribution in [3.8, 4) is 0 Å². The maximum Gasteiger partial charge on any atom is 0.236 e. The summed E-state index contributed by atoms with van der Waals surface area (Å²) in [6.07, 6.45) is 4.90. The standard InChI is InChI=1S/C11H20BrNO/c1-3-10-5-4-7-13(8-6-10)11(14)9(2)12/h9-10H,3-8H2,1-2H3. The van der Waals surface area contributed by atoms with Crippen LogP contribution in [0.4, 0.5) is 0 Å². The fourth-order valence-corrected chi connectivity index (χ4v) is 2.34. The van der Waals surface area contributed by atoms with Gasteiger partial charge in [0.15, 0.2) is 0 Å². The average molecular weight is 262 g/mol. The highest BCUT2D eigenvalue weighted by molar-refractivity contribution is 9.10. The Labute approximate surface area is 95.2 Å². The first-order chi connectivity index (χ1) is 6.65. The van der Waals surface area contributed by atoms with Gasteiger partial charge in [0.05, 0.1) is 4.83 Å². The van der Waals surface area contributed by atoms with Gasteiger partial charge in [-0.2, -0.15) is 0 Å². The zero-order valence-corrected chi connectivity index (χ0v) is 10.7. The molecular weight excluding hydrogens is 242 g/mol. The van der Waals surface area contributed by atoms with Crippen LogP contribution in [-0.4, -0.2) is 28.7 Å². The first-order valence-electron chi connectivity index (χ1n) is 5.58. The average Bonchev–Trinajstić information content (AvgIpc) is 2.41. The number of hydrogen-bond donors (Lipinski definition) is 0. The summed E-state index contributed by atoms with van der Waals surface area (Å²) >= 11 is 3.34. The summed E-state index contributed by atoms with van der Waals surface area (Å²) in [5.41, 5.74) is 0. The van der Waals surface area contributed by atoms with E-state index in [4.69, 9.17) is 0 Å². The molecule has 82 valence electrons. The monoisotopic (exact) mass is 261 g/mol. The summed E-state index contributed by atoms with van der Waals surface area (Å²) in [5.74, 6) is 1.08. The Bertz CT molecular complexity index is 194. The topological polar surface area (TPSA) is 20.3 Å². The zero-order valence-electron chi connectivity index (χ0n) is 9.13. The number of carbonyl (C=O) groups excluding carboxylic acids is 1. The highest BCUT2D eigenvalue weighted by atomic mass is 79.9. The minimum atomic E-state index is -0.0272. The summed E-state index contributed by atoms with van der Waals surface area (Å²) in [6, 6.07) is 0. The summed E-state index contributed by atoms with van der Waals surface area (Å²) in [4.78, 5) is 13.7. The minimum Gasteiger partial charge on any atom is -0.342 e. The Morgan fingerprint density at radius 3 is 2.79 bits per heavy atom. The minimum absolute atomic E-state index is 0.0272. The van der Waals surface area contributed by atoms with E-state index in [1.807, 2.05) is 11.8 Å². The second kappa shape index (κ2) is 5.74. The van der Waals surface area contributed by atoms with Crippen LogP contribution >= 0.6 is 15.9 Å². The first-order valence-corrected chi connectivity index (χ1v) is 6.49. The number of nitrogens with zero attached hydrogens (tertiary/aromatic N) is 1. The Kier molecular flexibility index (Phi) is 4.93. The molecule has 0 aromatic carbocycles. The van der Waals surface area contributed by atoms with E-state index in [0.29, 0.717) is 0 Å². The molecule has 0 bridgehead atoms. The van der Waals surface area contributed by atoms with Gasteiger partial charge in [-0.3, -0.25) is 4.79 Å². The van der Waals surface area contributed by atoms with Gasteiger partial charge in [-0.15, -0.1) is 0 Å². The molecule has 2 unspecified atom stereocenters. The molecule has 1 amide bonds. The van der Waals surface area contributed by atoms with Crippen LogP contribution in [0.25, 0.3) is 0 Å². The molecule has 0 aromatic rings. The van der Waals surface area contributed by atoms with E-state index in [1.54, 1.807) is 0 Å². The molecule has 0 radical (unpaired) electrons. The van der Waals surface area contributed by atoms with E-state index in [-0.39, 0.29) is 10.7 Å². The van der Waals surface area contributed by atoms with Crippen LogP contribution in [-0.2, 0) is 4.79 Å². The van der Waals surface area contributed by atoms with Gasteiger partial charge in [0, 0.05) is 13.1 Å². The van der Waals surface area contributed by atoms with Gasteiger partial charge in [0.25, 0.3) is 0 Å². The third-order valence-electron chi connectivity index (χ3n) is 3.08. The Morgan fingerprint density at radius 2 is 2.21 bits per heavy atom. The molecule has 1 aliphatic heterocycles. The highest BCUT2D eigenvalue weighted by Crippen LogP contribution is 2.21. The van der Waals surface area contributed by atoms with E-state index < -0.39 is 0 Å². The molecular formula is C11H20BrNO. The number of alkyl halides is 1. The van der Waals surface area contributed by atoms with Crippen molar-refractivity contribution in [2.24, 2.45) is 5.92 Å². The molecule has 0 aromatic heterocycles. The normalized spacial score (nSPS) is 25.6. The molecule has 14 heavy (non-hydrogen) atoms. The smallest absolute Gasteiger partial charge is 0.236 e. The van der Waals surface area contributed by atoms with Crippen LogP contribution in [0.3, 0.4) is 0 Å². The van der Waals surface area contributed by atoms with Gasteiger partial charge in [-0.1, -0.05) is 29.3 Å². The Hall–Kier alpha value is -0.0500. The largest absolute Gasteiger partial charge is 0.342 e. The number of halogens is 1. The molecule has 0 spiro atoms. The molecule has 1 aliphatic rings. The van der Waals surface area contributed by atoms with Crippen LogP contribution in [0, 0.1) is 5.92 Å². The summed E-state index contributed by atoms with van der Waals surface area (Å²) < 4.78 is 0. The van der Waals surface area contributed by atoms with E-state index in [0.717, 1.165) is 19.0 Å². The second-order valence-corrected chi connectivity index (χ2v) is 5.52. The lowest BCUT2D eigenvalue weighted by molar-refractivity contribution is -0.130. The Balaban J connectivity index is 2.45. The van der Waals surface area contributed by atoms with Gasteiger partial charge in [-0.05, 0) is 32.1 Å². The molecule has 1 fully saturated rings. The molecule has 2 atom stereocenters. The van der Waals surface area contributed by atoms with Crippen molar-refractivity contribution in [3.05, 3.63) is 0 Å². The summed E-state index contributed by atoms with van der Waals surface area (Å²) in [7, 11) is 0. The van der Waals surface area contributed by atoms with Crippen molar-refractivity contribution < 1.29 is 4.79 Å². The zero-order chi connectivity index (χ0) is 10.6. The predicted octanol–water partition coefficient (Wildman–Crippen LogP) is 2.81. The molecule has 1 saturated heterocycles. The van der Waals surface area contributed by atoms with Crippen LogP contribution in [0.5, 0.6) is 0 Å². The van der Waals surface area contributed by atoms with Gasteiger partial charge in [0.2, 0.25) is 5.91 Å². The number of hydrogen-bond acceptors (Lipinski definition) is 1. The molecule has 3 heteroatoms. The molecule has 2 nitrogen and oxygen atoms in total. The molecule has 0 saturated carbocycles. The van der Waals surface area contributed by atoms with Crippen molar-refractivity contribution >= 4 is 21.8 Å². The SMILES string of the molecule is CCC1CCCN(C(=O)C(C)Br)CC1. The van der Waals surface area contributed by atoms with Gasteiger partial charge >= 0.3 is 0 Å². The van der Waals surface area contributed by atoms with Gasteiger partial charge in [-0.25, -0.2) is 0 Å². The van der Waals surface area contributed by atoms with Gasteiger partial charge in [0.1, 0.15) is 0 Å². The van der Waals surface area contributed by atoms with Gasteiger partial charge < -0.3 is 4.90 Å². The maximum atomic E-state index is 11.7. The number of rotatable bonds is 2. The predicted molar refractivity (Wildman–Crippen MR) is 62.6 cm³/mol.